The molecule has 0 fully saturated rings. The highest BCUT2D eigenvalue weighted by Gasteiger charge is 2.15. The number of aromatic nitrogens is 2. The second-order valence-corrected chi connectivity index (χ2v) is 6.68. The van der Waals surface area contributed by atoms with Crippen molar-refractivity contribution in [1.82, 2.24) is 14.9 Å². The summed E-state index contributed by atoms with van der Waals surface area (Å²) in [6.45, 7) is 1.94. The number of alkyl halides is 1. The number of imidazole rings is 1. The first kappa shape index (κ1) is 16.5. The number of nitrogens with one attached hydrogen (secondary N) is 1. The third-order valence-corrected chi connectivity index (χ3v) is 4.63. The summed E-state index contributed by atoms with van der Waals surface area (Å²) < 4.78 is 1.70. The van der Waals surface area contributed by atoms with Crippen molar-refractivity contribution in [2.24, 2.45) is 0 Å². The van der Waals surface area contributed by atoms with E-state index >= 15 is 0 Å². The van der Waals surface area contributed by atoms with E-state index in [0.717, 1.165) is 16.9 Å². The number of carbonyl (C=O) groups excluding carboxylic acids is 1. The highest BCUT2D eigenvalue weighted by Crippen LogP contribution is 2.28. The van der Waals surface area contributed by atoms with Gasteiger partial charge in [-0.3, -0.25) is 4.79 Å². The molecule has 3 rings (SSSR count). The van der Waals surface area contributed by atoms with E-state index in [1.165, 1.54) is 0 Å². The minimum atomic E-state index is -0.214. The molecule has 0 bridgehead atoms. The van der Waals surface area contributed by atoms with Gasteiger partial charge in [0.15, 0.2) is 0 Å². The molecule has 0 spiro atoms. The molecule has 0 aliphatic heterocycles. The Morgan fingerprint density at radius 1 is 1.25 bits per heavy atom. The van der Waals surface area contributed by atoms with Crippen molar-refractivity contribution in [3.8, 4) is 5.69 Å². The summed E-state index contributed by atoms with van der Waals surface area (Å²) in [4.78, 5) is 16.5. The Balaban J connectivity index is 1.78. The highest BCUT2D eigenvalue weighted by atomic mass is 127. The molecule has 3 N–H and O–H groups in total. The van der Waals surface area contributed by atoms with Crippen LogP contribution in [-0.4, -0.2) is 15.5 Å². The van der Waals surface area contributed by atoms with Gasteiger partial charge in [-0.1, -0.05) is 46.9 Å². The van der Waals surface area contributed by atoms with Crippen LogP contribution in [0, 0.1) is 6.92 Å². The number of rotatable bonds is 4. The molecule has 2 aromatic carbocycles. The minimum Gasteiger partial charge on any atom is -0.398 e. The maximum atomic E-state index is 12.3. The summed E-state index contributed by atoms with van der Waals surface area (Å²) in [7, 11) is 0. The zero-order valence-electron chi connectivity index (χ0n) is 13.1. The Labute approximate surface area is 154 Å². The molecule has 0 saturated carbocycles. The van der Waals surface area contributed by atoms with Gasteiger partial charge in [0.1, 0.15) is 4.05 Å². The largest absolute Gasteiger partial charge is 0.398 e. The topological polar surface area (TPSA) is 72.9 Å². The third-order valence-electron chi connectivity index (χ3n) is 3.65. The normalized spacial score (nSPS) is 11.9. The van der Waals surface area contributed by atoms with Crippen LogP contribution in [0.5, 0.6) is 0 Å². The Bertz CT molecular complexity index is 860. The average Bonchev–Trinajstić information content (AvgIpc) is 3.02. The smallest absolute Gasteiger partial charge is 0.252 e. The number of hydrogen-bond acceptors (Lipinski definition) is 3. The lowest BCUT2D eigenvalue weighted by molar-refractivity contribution is 0.0951. The maximum Gasteiger partial charge on any atom is 0.252 e. The number of aryl methyl sites for hydroxylation is 1. The summed E-state index contributed by atoms with van der Waals surface area (Å²) >= 11 is 2.17. The number of nitrogens with two attached hydrogens (primary N) is 1. The lowest BCUT2D eigenvalue weighted by Gasteiger charge is -2.16. The van der Waals surface area contributed by atoms with Gasteiger partial charge in [-0.15, -0.1) is 0 Å². The second-order valence-electron chi connectivity index (χ2n) is 5.44. The van der Waals surface area contributed by atoms with E-state index < -0.39 is 0 Å². The van der Waals surface area contributed by atoms with Gasteiger partial charge in [-0.2, -0.15) is 0 Å². The minimum absolute atomic E-state index is 0.122. The molecule has 1 aromatic heterocycles. The van der Waals surface area contributed by atoms with Crippen LogP contribution in [0.25, 0.3) is 5.69 Å². The van der Waals surface area contributed by atoms with Crippen molar-refractivity contribution in [3.63, 3.8) is 0 Å². The van der Waals surface area contributed by atoms with Crippen molar-refractivity contribution in [1.29, 1.82) is 0 Å². The van der Waals surface area contributed by atoms with E-state index in [9.17, 15) is 4.79 Å². The molecule has 24 heavy (non-hydrogen) atoms. The summed E-state index contributed by atoms with van der Waals surface area (Å²) in [5.74, 6) is -0.122. The molecule has 3 aromatic rings. The molecule has 1 atom stereocenters. The first-order chi connectivity index (χ1) is 11.5. The molecule has 0 radical (unpaired) electrons. The molecule has 0 saturated heterocycles. The number of nitrogen functional groups attached to an aromatic ring is 1. The number of nitrogens with zero attached hydrogens (tertiary/aromatic N) is 2. The first-order valence-electron chi connectivity index (χ1n) is 7.45. The van der Waals surface area contributed by atoms with Gasteiger partial charge in [0, 0.05) is 28.7 Å². The van der Waals surface area contributed by atoms with E-state index in [1.54, 1.807) is 18.5 Å². The maximum absolute atomic E-state index is 12.3. The van der Waals surface area contributed by atoms with Crippen LogP contribution in [0.1, 0.15) is 25.7 Å². The van der Waals surface area contributed by atoms with Crippen LogP contribution >= 0.6 is 22.6 Å². The van der Waals surface area contributed by atoms with Crippen molar-refractivity contribution in [2.45, 2.75) is 11.0 Å². The van der Waals surface area contributed by atoms with Crippen molar-refractivity contribution < 1.29 is 4.79 Å². The van der Waals surface area contributed by atoms with Crippen molar-refractivity contribution in [3.05, 3.63) is 77.9 Å². The lowest BCUT2D eigenvalue weighted by Crippen LogP contribution is -2.25. The van der Waals surface area contributed by atoms with Crippen molar-refractivity contribution in [2.75, 3.05) is 5.73 Å². The molecule has 0 aliphatic rings. The SMILES string of the molecule is Cc1cn(-c2ccc(C(I)NC(=O)c3ccccc3)c(N)c2)cn1. The summed E-state index contributed by atoms with van der Waals surface area (Å²) in [6, 6.07) is 14.9. The van der Waals surface area contributed by atoms with Crippen LogP contribution in [0.3, 0.4) is 0 Å². The fraction of sp³-hybridized carbons (Fsp3) is 0.111. The molecule has 0 aliphatic carbocycles. The molecule has 6 heteroatoms. The number of anilines is 1. The lowest BCUT2D eigenvalue weighted by atomic mass is 10.1. The van der Waals surface area contributed by atoms with Gasteiger partial charge >= 0.3 is 0 Å². The van der Waals surface area contributed by atoms with Gasteiger partial charge in [-0.25, -0.2) is 4.98 Å². The molecule has 1 amide bonds. The van der Waals surface area contributed by atoms with Crippen LogP contribution < -0.4 is 11.1 Å². The first-order valence-corrected chi connectivity index (χ1v) is 8.69. The Kier molecular flexibility index (Phi) is 4.84. The van der Waals surface area contributed by atoms with Gasteiger partial charge in [0.05, 0.1) is 12.0 Å². The van der Waals surface area contributed by atoms with Gasteiger partial charge in [0.25, 0.3) is 5.91 Å². The zero-order chi connectivity index (χ0) is 17.1. The highest BCUT2D eigenvalue weighted by molar-refractivity contribution is 14.1. The van der Waals surface area contributed by atoms with Crippen LogP contribution in [0.15, 0.2) is 61.1 Å². The van der Waals surface area contributed by atoms with Crippen molar-refractivity contribution >= 4 is 34.2 Å². The summed E-state index contributed by atoms with van der Waals surface area (Å²) in [5, 5.41) is 2.97. The number of carbonyl (C=O) groups is 1. The average molecular weight is 432 g/mol. The van der Waals surface area contributed by atoms with Crippen LogP contribution in [0.4, 0.5) is 5.69 Å². The van der Waals surface area contributed by atoms with E-state index in [1.807, 2.05) is 54.1 Å². The van der Waals surface area contributed by atoms with E-state index in [2.05, 4.69) is 32.9 Å². The molecule has 122 valence electrons. The van der Waals surface area contributed by atoms with Crippen LogP contribution in [-0.2, 0) is 0 Å². The Morgan fingerprint density at radius 2 is 2.00 bits per heavy atom. The Morgan fingerprint density at radius 3 is 2.62 bits per heavy atom. The second kappa shape index (κ2) is 7.04. The predicted molar refractivity (Wildman–Crippen MR) is 103 cm³/mol. The zero-order valence-corrected chi connectivity index (χ0v) is 15.3. The van der Waals surface area contributed by atoms with Gasteiger partial charge in [0.2, 0.25) is 0 Å². The number of hydrogen-bond donors (Lipinski definition) is 2. The van der Waals surface area contributed by atoms with Crippen LogP contribution in [0.2, 0.25) is 0 Å². The van der Waals surface area contributed by atoms with Gasteiger partial charge in [-0.05, 0) is 31.2 Å². The third kappa shape index (κ3) is 3.59. The number of amides is 1. The fourth-order valence-corrected chi connectivity index (χ4v) is 3.23. The standard InChI is InChI=1S/C18H17IN4O/c1-12-10-23(11-21-12)14-7-8-15(16(20)9-14)17(19)22-18(24)13-5-3-2-4-6-13/h2-11,17H,20H2,1H3,(H,22,24). The molecule has 5 nitrogen and oxygen atoms in total. The summed E-state index contributed by atoms with van der Waals surface area (Å²) in [6.07, 6.45) is 3.69. The predicted octanol–water partition coefficient (Wildman–Crippen LogP) is 3.63. The molecular weight excluding hydrogens is 415 g/mol. The number of benzene rings is 2. The summed E-state index contributed by atoms with van der Waals surface area (Å²) in [5.41, 5.74) is 10.2. The van der Waals surface area contributed by atoms with E-state index in [-0.39, 0.29) is 9.96 Å². The molecular formula is C18H17IN4O. The van der Waals surface area contributed by atoms with E-state index in [4.69, 9.17) is 5.73 Å². The fourth-order valence-electron chi connectivity index (χ4n) is 2.38. The molecule has 1 heterocycles. The van der Waals surface area contributed by atoms with Gasteiger partial charge < -0.3 is 15.6 Å². The number of halogens is 1. The molecule has 1 unspecified atom stereocenters. The Hall–Kier alpha value is -2.35. The monoisotopic (exact) mass is 432 g/mol. The quantitative estimate of drug-likeness (QED) is 0.286. The van der Waals surface area contributed by atoms with E-state index in [0.29, 0.717) is 11.3 Å².